The molecule has 0 fully saturated rings. The molecule has 1 unspecified atom stereocenters. The number of hydrogen-bond donors (Lipinski definition) is 1. The lowest BCUT2D eigenvalue weighted by Crippen LogP contribution is -2.31. The molecule has 25 heavy (non-hydrogen) atoms. The Morgan fingerprint density at radius 1 is 1.04 bits per heavy atom. The molecule has 1 aromatic carbocycles. The molecule has 0 aliphatic carbocycles. The van der Waals surface area contributed by atoms with Gasteiger partial charge in [0, 0.05) is 12.2 Å². The van der Waals surface area contributed by atoms with Gasteiger partial charge in [-0.25, -0.2) is 4.79 Å². The maximum atomic E-state index is 12.2. The lowest BCUT2D eigenvalue weighted by Gasteiger charge is -2.20. The van der Waals surface area contributed by atoms with Crippen LogP contribution in [0.1, 0.15) is 33.3 Å². The average molecular weight is 347 g/mol. The van der Waals surface area contributed by atoms with Gasteiger partial charge in [-0.15, -0.1) is 0 Å². The molecule has 6 nitrogen and oxygen atoms in total. The number of Topliss-reactive ketones (excluding diaryl/α,β-unsaturated/α-hetero) is 1. The smallest absolute Gasteiger partial charge is 0.343 e. The van der Waals surface area contributed by atoms with E-state index in [1.807, 2.05) is 30.3 Å². The molecule has 0 aromatic heterocycles. The second-order valence-corrected chi connectivity index (χ2v) is 5.38. The van der Waals surface area contributed by atoms with E-state index in [9.17, 15) is 14.4 Å². The van der Waals surface area contributed by atoms with Crippen LogP contribution in [0, 0.1) is 5.92 Å². The van der Waals surface area contributed by atoms with Crippen molar-refractivity contribution in [1.29, 1.82) is 0 Å². The van der Waals surface area contributed by atoms with Gasteiger partial charge in [-0.2, -0.15) is 0 Å². The van der Waals surface area contributed by atoms with E-state index >= 15 is 0 Å². The topological polar surface area (TPSA) is 81.7 Å². The molecule has 0 saturated heterocycles. The molecule has 1 rings (SSSR count). The summed E-state index contributed by atoms with van der Waals surface area (Å²) < 4.78 is 10.0. The van der Waals surface area contributed by atoms with Crippen LogP contribution in [-0.2, 0) is 30.4 Å². The van der Waals surface area contributed by atoms with E-state index in [1.54, 1.807) is 20.8 Å². The molecule has 0 radical (unpaired) electrons. The Bertz CT molecular complexity index is 636. The first kappa shape index (κ1) is 20.4. The van der Waals surface area contributed by atoms with Crippen LogP contribution in [0.25, 0.3) is 0 Å². The fraction of sp³-hybridized carbons (Fsp3) is 0.421. The molecule has 0 bridgehead atoms. The molecule has 0 aliphatic heterocycles. The highest BCUT2D eigenvalue weighted by molar-refractivity contribution is 6.17. The number of esters is 2. The van der Waals surface area contributed by atoms with E-state index < -0.39 is 23.6 Å². The quantitative estimate of drug-likeness (QED) is 0.320. The van der Waals surface area contributed by atoms with Crippen LogP contribution in [0.5, 0.6) is 0 Å². The zero-order chi connectivity index (χ0) is 18.8. The van der Waals surface area contributed by atoms with Gasteiger partial charge in [0.2, 0.25) is 0 Å². The van der Waals surface area contributed by atoms with Crippen molar-refractivity contribution < 1.29 is 23.9 Å². The molecule has 1 aromatic rings. The minimum absolute atomic E-state index is 0.134. The van der Waals surface area contributed by atoms with Crippen molar-refractivity contribution in [2.45, 2.75) is 34.2 Å². The second kappa shape index (κ2) is 10.3. The molecular formula is C19H25NO5. The van der Waals surface area contributed by atoms with Crippen molar-refractivity contribution in [3.63, 3.8) is 0 Å². The van der Waals surface area contributed by atoms with Crippen molar-refractivity contribution in [1.82, 2.24) is 5.32 Å². The Kier molecular flexibility index (Phi) is 8.39. The summed E-state index contributed by atoms with van der Waals surface area (Å²) in [6.07, 6.45) is 0. The van der Waals surface area contributed by atoms with E-state index in [1.165, 1.54) is 6.92 Å². The third kappa shape index (κ3) is 6.06. The Morgan fingerprint density at radius 3 is 2.16 bits per heavy atom. The number of nitrogens with one attached hydrogen (secondary N) is 1. The van der Waals surface area contributed by atoms with Crippen LogP contribution < -0.4 is 5.32 Å². The highest BCUT2D eigenvalue weighted by Gasteiger charge is 2.29. The molecule has 136 valence electrons. The zero-order valence-electron chi connectivity index (χ0n) is 15.1. The zero-order valence-corrected chi connectivity index (χ0v) is 15.1. The van der Waals surface area contributed by atoms with Crippen molar-refractivity contribution in [2.75, 3.05) is 13.2 Å². The number of carbonyl (C=O) groups is 3. The Morgan fingerprint density at radius 2 is 1.64 bits per heavy atom. The van der Waals surface area contributed by atoms with E-state index in [4.69, 9.17) is 9.47 Å². The summed E-state index contributed by atoms with van der Waals surface area (Å²) in [4.78, 5) is 36.4. The third-order valence-electron chi connectivity index (χ3n) is 3.50. The predicted molar refractivity (Wildman–Crippen MR) is 93.4 cm³/mol. The third-order valence-corrected chi connectivity index (χ3v) is 3.50. The maximum absolute atomic E-state index is 12.2. The van der Waals surface area contributed by atoms with Crippen LogP contribution in [-0.4, -0.2) is 30.9 Å². The number of hydrogen-bond acceptors (Lipinski definition) is 6. The molecular weight excluding hydrogens is 322 g/mol. The summed E-state index contributed by atoms with van der Waals surface area (Å²) in [5, 5.41) is 3.05. The molecule has 6 heteroatoms. The Hall–Kier alpha value is -2.63. The first-order chi connectivity index (χ1) is 11.9. The molecule has 0 saturated carbocycles. The highest BCUT2D eigenvalue weighted by Crippen LogP contribution is 2.18. The van der Waals surface area contributed by atoms with E-state index in [-0.39, 0.29) is 24.5 Å². The first-order valence-electron chi connectivity index (χ1n) is 8.28. The molecule has 0 spiro atoms. The normalized spacial score (nSPS) is 12.6. The maximum Gasteiger partial charge on any atom is 0.343 e. The van der Waals surface area contributed by atoms with Crippen LogP contribution in [0.15, 0.2) is 41.6 Å². The van der Waals surface area contributed by atoms with Crippen LogP contribution >= 0.6 is 0 Å². The fourth-order valence-corrected chi connectivity index (χ4v) is 2.28. The summed E-state index contributed by atoms with van der Waals surface area (Å²) in [7, 11) is 0. The van der Waals surface area contributed by atoms with E-state index in [0.717, 1.165) is 5.56 Å². The summed E-state index contributed by atoms with van der Waals surface area (Å²) >= 11 is 0. The average Bonchev–Trinajstić information content (AvgIpc) is 2.58. The highest BCUT2D eigenvalue weighted by atomic mass is 16.5. The second-order valence-electron chi connectivity index (χ2n) is 5.38. The molecule has 1 atom stereocenters. The van der Waals surface area contributed by atoms with Crippen molar-refractivity contribution in [3.8, 4) is 0 Å². The van der Waals surface area contributed by atoms with Gasteiger partial charge < -0.3 is 14.8 Å². The number of rotatable bonds is 9. The SMILES string of the molecule is CCOC(=O)/C(C(C)=O)=C(\NCc1ccccc1)C(C)C(=O)OCC. The Balaban J connectivity index is 3.22. The summed E-state index contributed by atoms with van der Waals surface area (Å²) in [6, 6.07) is 9.45. The minimum atomic E-state index is -0.799. The van der Waals surface area contributed by atoms with Crippen LogP contribution in [0.2, 0.25) is 0 Å². The largest absolute Gasteiger partial charge is 0.465 e. The van der Waals surface area contributed by atoms with Gasteiger partial charge in [-0.05, 0) is 33.3 Å². The fourth-order valence-electron chi connectivity index (χ4n) is 2.28. The lowest BCUT2D eigenvalue weighted by molar-refractivity contribution is -0.146. The van der Waals surface area contributed by atoms with E-state index in [0.29, 0.717) is 6.54 Å². The predicted octanol–water partition coefficient (Wildman–Crippen LogP) is 2.38. The van der Waals surface area contributed by atoms with Gasteiger partial charge in [0.15, 0.2) is 5.78 Å². The monoisotopic (exact) mass is 347 g/mol. The molecule has 0 amide bonds. The van der Waals surface area contributed by atoms with Crippen molar-refractivity contribution in [3.05, 3.63) is 47.2 Å². The molecule has 0 aliphatic rings. The Labute approximate surface area is 148 Å². The summed E-state index contributed by atoms with van der Waals surface area (Å²) in [5.74, 6) is -2.53. The first-order valence-corrected chi connectivity index (χ1v) is 8.28. The van der Waals surface area contributed by atoms with Crippen LogP contribution in [0.4, 0.5) is 0 Å². The van der Waals surface area contributed by atoms with Gasteiger partial charge in [0.1, 0.15) is 5.57 Å². The summed E-state index contributed by atoms with van der Waals surface area (Å²) in [6.45, 7) is 6.92. The standard InChI is InChI=1S/C19H25NO5/c1-5-24-18(22)13(3)17(16(14(4)21)19(23)25-6-2)20-12-15-10-8-7-9-11-15/h7-11,13,20H,5-6,12H2,1-4H3/b17-16-. The van der Waals surface area contributed by atoms with Gasteiger partial charge in [-0.1, -0.05) is 30.3 Å². The van der Waals surface area contributed by atoms with Crippen molar-refractivity contribution >= 4 is 17.7 Å². The number of benzene rings is 1. The molecule has 0 heterocycles. The van der Waals surface area contributed by atoms with Gasteiger partial charge in [-0.3, -0.25) is 9.59 Å². The van der Waals surface area contributed by atoms with Gasteiger partial charge in [0.05, 0.1) is 19.1 Å². The van der Waals surface area contributed by atoms with Crippen LogP contribution in [0.3, 0.4) is 0 Å². The lowest BCUT2D eigenvalue weighted by atomic mass is 9.99. The number of ether oxygens (including phenoxy) is 2. The number of ketones is 1. The van der Waals surface area contributed by atoms with Crippen molar-refractivity contribution in [2.24, 2.45) is 5.92 Å². The van der Waals surface area contributed by atoms with Gasteiger partial charge >= 0.3 is 11.9 Å². The van der Waals surface area contributed by atoms with E-state index in [2.05, 4.69) is 5.32 Å². The molecule has 1 N–H and O–H groups in total. The minimum Gasteiger partial charge on any atom is -0.465 e. The van der Waals surface area contributed by atoms with Gasteiger partial charge in [0.25, 0.3) is 0 Å². The summed E-state index contributed by atoms with van der Waals surface area (Å²) in [5.41, 5.74) is 1.01. The number of carbonyl (C=O) groups excluding carboxylic acids is 3.